The molecule has 1 aromatic heterocycles. The van der Waals surface area contributed by atoms with Crippen molar-refractivity contribution in [2.24, 2.45) is 0 Å². The van der Waals surface area contributed by atoms with Crippen molar-refractivity contribution in [1.82, 2.24) is 30.4 Å². The van der Waals surface area contributed by atoms with Gasteiger partial charge in [0.15, 0.2) is 0 Å². The lowest BCUT2D eigenvalue weighted by Crippen LogP contribution is -2.37. The summed E-state index contributed by atoms with van der Waals surface area (Å²) in [5, 5.41) is 14.6. The molecule has 0 spiro atoms. The molecule has 30 heavy (non-hydrogen) atoms. The zero-order valence-electron chi connectivity index (χ0n) is 17.7. The van der Waals surface area contributed by atoms with E-state index in [9.17, 15) is 9.59 Å². The van der Waals surface area contributed by atoms with E-state index in [2.05, 4.69) is 20.8 Å². The third-order valence-electron chi connectivity index (χ3n) is 5.39. The fourth-order valence-corrected chi connectivity index (χ4v) is 3.71. The Bertz CT molecular complexity index is 853. The van der Waals surface area contributed by atoms with Crippen LogP contribution in [-0.4, -0.2) is 63.7 Å². The molecule has 1 aliphatic rings. The highest BCUT2D eigenvalue weighted by Gasteiger charge is 2.24. The lowest BCUT2D eigenvalue weighted by Gasteiger charge is -2.21. The number of carbonyl (C=O) groups is 2. The van der Waals surface area contributed by atoms with Gasteiger partial charge in [-0.3, -0.25) is 9.59 Å². The van der Waals surface area contributed by atoms with Crippen molar-refractivity contribution >= 4 is 11.8 Å². The number of hydrogen-bond acceptors (Lipinski definition) is 6. The number of benzene rings is 1. The van der Waals surface area contributed by atoms with Crippen LogP contribution in [0.15, 0.2) is 24.3 Å². The Morgan fingerprint density at radius 2 is 2.17 bits per heavy atom. The first-order valence-corrected chi connectivity index (χ1v) is 10.5. The summed E-state index contributed by atoms with van der Waals surface area (Å²) in [7, 11) is 1.61. The van der Waals surface area contributed by atoms with Crippen LogP contribution < -0.4 is 10.1 Å². The first kappa shape index (κ1) is 21.7. The standard InChI is InChI=1S/C21H30N6O3/c1-16-23-24-25-27(16)19(15-17-8-6-9-18(14-17)30-2)21(29)22-11-7-13-26-12-5-3-4-10-20(26)28/h6,8-9,14,19H,3-5,7,10-13,15H2,1-2H3,(H,22,29)/t19-/m1/s1. The van der Waals surface area contributed by atoms with Crippen LogP contribution in [0.2, 0.25) is 0 Å². The van der Waals surface area contributed by atoms with Gasteiger partial charge in [-0.15, -0.1) is 5.10 Å². The summed E-state index contributed by atoms with van der Waals surface area (Å²) in [6.45, 7) is 3.76. The quantitative estimate of drug-likeness (QED) is 0.627. The summed E-state index contributed by atoms with van der Waals surface area (Å²) in [6.07, 6.45) is 4.93. The average Bonchev–Trinajstić information content (AvgIpc) is 3.07. The minimum absolute atomic E-state index is 0.143. The molecule has 3 rings (SSSR count). The second-order valence-electron chi connectivity index (χ2n) is 7.58. The van der Waals surface area contributed by atoms with E-state index in [-0.39, 0.29) is 11.8 Å². The number of nitrogens with one attached hydrogen (secondary N) is 1. The number of rotatable bonds is 9. The molecule has 2 amide bonds. The summed E-state index contributed by atoms with van der Waals surface area (Å²) in [5.74, 6) is 1.39. The van der Waals surface area contributed by atoms with Crippen LogP contribution in [0.3, 0.4) is 0 Å². The molecule has 9 heteroatoms. The smallest absolute Gasteiger partial charge is 0.245 e. The average molecular weight is 415 g/mol. The predicted octanol–water partition coefficient (Wildman–Crippen LogP) is 1.68. The summed E-state index contributed by atoms with van der Waals surface area (Å²) in [5.41, 5.74) is 0.958. The van der Waals surface area contributed by atoms with Crippen LogP contribution in [0, 0.1) is 6.92 Å². The maximum Gasteiger partial charge on any atom is 0.245 e. The second kappa shape index (κ2) is 10.7. The van der Waals surface area contributed by atoms with Gasteiger partial charge in [0.2, 0.25) is 11.8 Å². The van der Waals surface area contributed by atoms with Gasteiger partial charge in [-0.2, -0.15) is 0 Å². The topological polar surface area (TPSA) is 102 Å². The van der Waals surface area contributed by atoms with E-state index in [1.807, 2.05) is 29.2 Å². The number of ether oxygens (including phenoxy) is 1. The molecule has 1 aliphatic heterocycles. The maximum atomic E-state index is 13.0. The van der Waals surface area contributed by atoms with Crippen molar-refractivity contribution in [1.29, 1.82) is 0 Å². The summed E-state index contributed by atoms with van der Waals surface area (Å²) in [4.78, 5) is 27.0. The molecule has 162 valence electrons. The van der Waals surface area contributed by atoms with Crippen LogP contribution in [0.1, 0.15) is 49.5 Å². The van der Waals surface area contributed by atoms with E-state index >= 15 is 0 Å². The van der Waals surface area contributed by atoms with Crippen molar-refractivity contribution in [2.75, 3.05) is 26.7 Å². The van der Waals surface area contributed by atoms with Crippen LogP contribution in [0.4, 0.5) is 0 Å². The van der Waals surface area contributed by atoms with Crippen molar-refractivity contribution < 1.29 is 14.3 Å². The van der Waals surface area contributed by atoms with Crippen molar-refractivity contribution in [3.63, 3.8) is 0 Å². The number of methoxy groups -OCH3 is 1. The molecule has 9 nitrogen and oxygen atoms in total. The zero-order valence-corrected chi connectivity index (χ0v) is 17.7. The van der Waals surface area contributed by atoms with Crippen LogP contribution in [0.5, 0.6) is 5.75 Å². The third-order valence-corrected chi connectivity index (χ3v) is 5.39. The molecule has 1 atom stereocenters. The molecule has 0 saturated carbocycles. The highest BCUT2D eigenvalue weighted by Crippen LogP contribution is 2.19. The minimum atomic E-state index is -0.563. The first-order valence-electron chi connectivity index (χ1n) is 10.5. The molecule has 0 bridgehead atoms. The lowest BCUT2D eigenvalue weighted by atomic mass is 10.0. The van der Waals surface area contributed by atoms with Gasteiger partial charge >= 0.3 is 0 Å². The fraction of sp³-hybridized carbons (Fsp3) is 0.571. The van der Waals surface area contributed by atoms with Gasteiger partial charge in [0.05, 0.1) is 7.11 Å². The first-order chi connectivity index (χ1) is 14.6. The van der Waals surface area contributed by atoms with E-state index < -0.39 is 6.04 Å². The molecule has 0 unspecified atom stereocenters. The molecular weight excluding hydrogens is 384 g/mol. The molecule has 2 aromatic rings. The Hall–Kier alpha value is -2.97. The van der Waals surface area contributed by atoms with E-state index in [1.165, 1.54) is 0 Å². The number of aryl methyl sites for hydroxylation is 1. The van der Waals surface area contributed by atoms with E-state index in [0.29, 0.717) is 31.8 Å². The predicted molar refractivity (Wildman–Crippen MR) is 111 cm³/mol. The number of aromatic nitrogens is 4. The van der Waals surface area contributed by atoms with Gasteiger partial charge in [0.1, 0.15) is 17.6 Å². The van der Waals surface area contributed by atoms with Crippen LogP contribution in [0.25, 0.3) is 0 Å². The number of nitrogens with zero attached hydrogens (tertiary/aromatic N) is 5. The van der Waals surface area contributed by atoms with Gasteiger partial charge < -0.3 is 15.0 Å². The summed E-state index contributed by atoms with van der Waals surface area (Å²) >= 11 is 0. The number of carbonyl (C=O) groups excluding carboxylic acids is 2. The number of hydrogen-bond donors (Lipinski definition) is 1. The Morgan fingerprint density at radius 3 is 2.93 bits per heavy atom. The molecule has 1 fully saturated rings. The van der Waals surface area contributed by atoms with Gasteiger partial charge in [-0.1, -0.05) is 18.6 Å². The number of likely N-dealkylation sites (tertiary alicyclic amines) is 1. The molecule has 2 heterocycles. The molecule has 1 N–H and O–H groups in total. The van der Waals surface area contributed by atoms with Gasteiger partial charge in [0.25, 0.3) is 0 Å². The SMILES string of the molecule is COc1cccc(C[C@H](C(=O)NCCCN2CCCCCC2=O)n2nnnc2C)c1. The summed E-state index contributed by atoms with van der Waals surface area (Å²) < 4.78 is 6.83. The van der Waals surface area contributed by atoms with Gasteiger partial charge in [-0.05, 0) is 54.3 Å². The molecular formula is C21H30N6O3. The monoisotopic (exact) mass is 414 g/mol. The fourth-order valence-electron chi connectivity index (χ4n) is 3.71. The van der Waals surface area contributed by atoms with Gasteiger partial charge in [0, 0.05) is 32.5 Å². The molecule has 1 saturated heterocycles. The van der Waals surface area contributed by atoms with Crippen LogP contribution >= 0.6 is 0 Å². The normalized spacial score (nSPS) is 15.5. The number of amides is 2. The Kier molecular flexibility index (Phi) is 7.75. The highest BCUT2D eigenvalue weighted by atomic mass is 16.5. The summed E-state index contributed by atoms with van der Waals surface area (Å²) in [6, 6.07) is 7.06. The largest absolute Gasteiger partial charge is 0.497 e. The van der Waals surface area contributed by atoms with Crippen LogP contribution in [-0.2, 0) is 16.0 Å². The second-order valence-corrected chi connectivity index (χ2v) is 7.58. The maximum absolute atomic E-state index is 13.0. The zero-order chi connectivity index (χ0) is 21.3. The third kappa shape index (κ3) is 5.77. The van der Waals surface area contributed by atoms with Crippen molar-refractivity contribution in [3.8, 4) is 5.75 Å². The van der Waals surface area contributed by atoms with Crippen molar-refractivity contribution in [3.05, 3.63) is 35.7 Å². The molecule has 1 aromatic carbocycles. The molecule has 0 aliphatic carbocycles. The van der Waals surface area contributed by atoms with Gasteiger partial charge in [-0.25, -0.2) is 4.68 Å². The Labute approximate surface area is 176 Å². The minimum Gasteiger partial charge on any atom is -0.497 e. The Morgan fingerprint density at radius 1 is 1.30 bits per heavy atom. The van der Waals surface area contributed by atoms with E-state index in [0.717, 1.165) is 43.5 Å². The Balaban J connectivity index is 1.59. The van der Waals surface area contributed by atoms with E-state index in [4.69, 9.17) is 4.74 Å². The highest BCUT2D eigenvalue weighted by molar-refractivity contribution is 5.80. The van der Waals surface area contributed by atoms with Crippen molar-refractivity contribution in [2.45, 2.75) is 51.5 Å². The molecule has 0 radical (unpaired) electrons. The number of tetrazole rings is 1. The van der Waals surface area contributed by atoms with E-state index in [1.54, 1.807) is 18.7 Å². The lowest BCUT2D eigenvalue weighted by molar-refractivity contribution is -0.130.